The van der Waals surface area contributed by atoms with Gasteiger partial charge >= 0.3 is 0 Å². The third kappa shape index (κ3) is 5.88. The molecule has 5 rings (SSSR count). The van der Waals surface area contributed by atoms with Crippen molar-refractivity contribution in [3.8, 4) is 0 Å². The van der Waals surface area contributed by atoms with Gasteiger partial charge in [-0.05, 0) is 48.9 Å². The number of aryl methyl sites for hydroxylation is 1. The smallest absolute Gasteiger partial charge is 0.293 e. The molecule has 1 aromatic heterocycles. The Morgan fingerprint density at radius 1 is 1.15 bits per heavy atom. The van der Waals surface area contributed by atoms with Crippen LogP contribution in [0.15, 0.2) is 48.7 Å². The number of aromatic nitrogens is 1. The van der Waals surface area contributed by atoms with Gasteiger partial charge in [-0.25, -0.2) is 8.42 Å². The van der Waals surface area contributed by atoms with Crippen LogP contribution < -0.4 is 14.9 Å². The number of anilines is 1. The molecule has 0 saturated heterocycles. The predicted molar refractivity (Wildman–Crippen MR) is 156 cm³/mol. The van der Waals surface area contributed by atoms with Gasteiger partial charge in [-0.1, -0.05) is 56.5 Å². The van der Waals surface area contributed by atoms with Gasteiger partial charge in [0, 0.05) is 36.8 Å². The van der Waals surface area contributed by atoms with Gasteiger partial charge in [-0.15, -0.1) is 0 Å². The van der Waals surface area contributed by atoms with Crippen LogP contribution in [0.3, 0.4) is 0 Å². The molecule has 1 aliphatic carbocycles. The number of ether oxygens (including phenoxy) is 1. The Balaban J connectivity index is 1.46. The average molecular weight is 567 g/mol. The summed E-state index contributed by atoms with van der Waals surface area (Å²) in [6.45, 7) is 2.89. The molecule has 1 saturated carbocycles. The zero-order valence-corrected chi connectivity index (χ0v) is 24.0. The van der Waals surface area contributed by atoms with Crippen molar-refractivity contribution in [3.05, 3.63) is 65.4 Å². The van der Waals surface area contributed by atoms with Crippen LogP contribution in [0.1, 0.15) is 60.5 Å². The SMILES string of the molecule is CCc1cn2c3c(cc(C(=O)N[C@@H](Cc4ccccc4)[C@@H](CNC4CCCCC4)OC=O)cc13)N(C)S(=O)(=O)C2. The lowest BCUT2D eigenvalue weighted by atomic mass is 9.94. The molecule has 0 unspecified atom stereocenters. The van der Waals surface area contributed by atoms with Crippen molar-refractivity contribution in [2.45, 2.75) is 75.9 Å². The Morgan fingerprint density at radius 3 is 2.60 bits per heavy atom. The van der Waals surface area contributed by atoms with Crippen molar-refractivity contribution in [1.29, 1.82) is 0 Å². The highest BCUT2D eigenvalue weighted by Gasteiger charge is 2.32. The molecule has 40 heavy (non-hydrogen) atoms. The summed E-state index contributed by atoms with van der Waals surface area (Å²) in [5, 5.41) is 7.55. The molecule has 2 N–H and O–H groups in total. The first-order valence-electron chi connectivity index (χ1n) is 14.1. The molecule has 2 atom stereocenters. The second-order valence-electron chi connectivity index (χ2n) is 10.9. The first-order chi connectivity index (χ1) is 19.3. The quantitative estimate of drug-likeness (QED) is 0.342. The van der Waals surface area contributed by atoms with Crippen molar-refractivity contribution in [2.75, 3.05) is 17.9 Å². The highest BCUT2D eigenvalue weighted by molar-refractivity contribution is 7.91. The number of carbonyl (C=O) groups excluding carboxylic acids is 2. The summed E-state index contributed by atoms with van der Waals surface area (Å²) in [5.74, 6) is -0.474. The van der Waals surface area contributed by atoms with Crippen LogP contribution in [0.25, 0.3) is 10.9 Å². The van der Waals surface area contributed by atoms with Crippen LogP contribution >= 0.6 is 0 Å². The fourth-order valence-corrected chi connectivity index (χ4v) is 7.16. The molecule has 9 nitrogen and oxygen atoms in total. The Kier molecular flexibility index (Phi) is 8.46. The minimum atomic E-state index is -3.56. The number of nitrogens with one attached hydrogen (secondary N) is 2. The normalized spacial score (nSPS) is 18.3. The number of nitrogens with zero attached hydrogens (tertiary/aromatic N) is 2. The maximum Gasteiger partial charge on any atom is 0.293 e. The lowest BCUT2D eigenvalue weighted by Gasteiger charge is -2.30. The van der Waals surface area contributed by atoms with Gasteiger partial charge in [0.25, 0.3) is 22.4 Å². The molecule has 1 amide bonds. The van der Waals surface area contributed by atoms with E-state index in [0.717, 1.165) is 34.9 Å². The summed E-state index contributed by atoms with van der Waals surface area (Å²) in [6.07, 6.45) is 8.22. The highest BCUT2D eigenvalue weighted by atomic mass is 32.2. The van der Waals surface area contributed by atoms with Crippen LogP contribution in [0, 0.1) is 0 Å². The van der Waals surface area contributed by atoms with Crippen molar-refractivity contribution < 1.29 is 22.7 Å². The Bertz CT molecular complexity index is 1460. The second-order valence-corrected chi connectivity index (χ2v) is 12.8. The molecule has 0 spiro atoms. The molecule has 3 aromatic rings. The average Bonchev–Trinajstić information content (AvgIpc) is 3.31. The highest BCUT2D eigenvalue weighted by Crippen LogP contribution is 2.37. The van der Waals surface area contributed by atoms with E-state index in [1.807, 2.05) is 49.5 Å². The third-order valence-corrected chi connectivity index (χ3v) is 9.88. The van der Waals surface area contributed by atoms with E-state index in [1.165, 1.54) is 30.6 Å². The Hall–Kier alpha value is -3.37. The number of amides is 1. The van der Waals surface area contributed by atoms with Crippen LogP contribution in [0.5, 0.6) is 0 Å². The van der Waals surface area contributed by atoms with Gasteiger partial charge < -0.3 is 19.9 Å². The number of hydrogen-bond acceptors (Lipinski definition) is 6. The van der Waals surface area contributed by atoms with E-state index in [9.17, 15) is 18.0 Å². The molecule has 2 heterocycles. The molecule has 1 fully saturated rings. The summed E-state index contributed by atoms with van der Waals surface area (Å²) >= 11 is 0. The van der Waals surface area contributed by atoms with Gasteiger partial charge in [0.15, 0.2) is 0 Å². The van der Waals surface area contributed by atoms with E-state index in [0.29, 0.717) is 43.2 Å². The predicted octanol–water partition coefficient (Wildman–Crippen LogP) is 3.75. The topological polar surface area (TPSA) is 110 Å². The number of benzene rings is 2. The van der Waals surface area contributed by atoms with E-state index in [4.69, 9.17) is 4.74 Å². The largest absolute Gasteiger partial charge is 0.461 e. The maximum atomic E-state index is 13.8. The van der Waals surface area contributed by atoms with Crippen LogP contribution in [0.4, 0.5) is 5.69 Å². The van der Waals surface area contributed by atoms with E-state index < -0.39 is 22.2 Å². The zero-order valence-electron chi connectivity index (χ0n) is 23.1. The number of carbonyl (C=O) groups is 2. The minimum Gasteiger partial charge on any atom is -0.461 e. The monoisotopic (exact) mass is 566 g/mol. The molecule has 0 radical (unpaired) electrons. The van der Waals surface area contributed by atoms with Crippen molar-refractivity contribution >= 4 is 39.0 Å². The second kappa shape index (κ2) is 12.0. The Morgan fingerprint density at radius 2 is 1.90 bits per heavy atom. The van der Waals surface area contributed by atoms with E-state index in [1.54, 1.807) is 10.6 Å². The number of sulfonamides is 1. The molecule has 0 bridgehead atoms. The summed E-state index contributed by atoms with van der Waals surface area (Å²) in [6, 6.07) is 13.1. The third-order valence-electron chi connectivity index (χ3n) is 8.24. The molecule has 10 heteroatoms. The van der Waals surface area contributed by atoms with Crippen LogP contribution in [0.2, 0.25) is 0 Å². The molecule has 2 aliphatic rings. The fraction of sp³-hybridized carbons (Fsp3) is 0.467. The standard InChI is InChI=1S/C30H38N4O5S/c1-3-22-18-34-19-40(37,38)33(2)27-16-23(15-25(22)29(27)34)30(36)32-26(14-21-10-6-4-7-11-21)28(39-20-35)17-31-24-12-8-5-9-13-24/h4,6-7,10-11,15-16,18,20,24,26,28,31H,3,5,8-9,12-14,17,19H2,1-2H3,(H,32,36)/t26-,28+/m0/s1. The van der Waals surface area contributed by atoms with E-state index in [-0.39, 0.29) is 11.8 Å². The first-order valence-corrected chi connectivity index (χ1v) is 15.7. The van der Waals surface area contributed by atoms with Gasteiger partial charge in [0.05, 0.1) is 17.2 Å². The van der Waals surface area contributed by atoms with Gasteiger partial charge in [0.2, 0.25) is 0 Å². The molecule has 214 valence electrons. The fourth-order valence-electron chi connectivity index (χ4n) is 6.00. The summed E-state index contributed by atoms with van der Waals surface area (Å²) in [5.41, 5.74) is 3.64. The number of rotatable bonds is 11. The number of hydrogen-bond donors (Lipinski definition) is 2. The molecule has 2 aromatic carbocycles. The minimum absolute atomic E-state index is 0.129. The lowest BCUT2D eigenvalue weighted by molar-refractivity contribution is -0.134. The molecular formula is C30H38N4O5S. The van der Waals surface area contributed by atoms with E-state index >= 15 is 0 Å². The van der Waals surface area contributed by atoms with Crippen molar-refractivity contribution in [2.24, 2.45) is 0 Å². The van der Waals surface area contributed by atoms with Crippen LogP contribution in [-0.2, 0) is 38.3 Å². The van der Waals surface area contributed by atoms with Crippen LogP contribution in [-0.4, -0.2) is 57.1 Å². The Labute approximate surface area is 235 Å². The molecular weight excluding hydrogens is 528 g/mol. The first kappa shape index (κ1) is 28.2. The summed E-state index contributed by atoms with van der Waals surface area (Å²) in [4.78, 5) is 25.4. The van der Waals surface area contributed by atoms with Gasteiger partial charge in [0.1, 0.15) is 12.0 Å². The summed E-state index contributed by atoms with van der Waals surface area (Å²) in [7, 11) is -2.04. The van der Waals surface area contributed by atoms with Gasteiger partial charge in [-0.3, -0.25) is 13.9 Å². The maximum absolute atomic E-state index is 13.8. The van der Waals surface area contributed by atoms with Crippen molar-refractivity contribution in [1.82, 2.24) is 15.2 Å². The van der Waals surface area contributed by atoms with Crippen molar-refractivity contribution in [3.63, 3.8) is 0 Å². The van der Waals surface area contributed by atoms with Gasteiger partial charge in [-0.2, -0.15) is 0 Å². The lowest BCUT2D eigenvalue weighted by Crippen LogP contribution is -2.51. The zero-order chi connectivity index (χ0) is 28.3. The summed E-state index contributed by atoms with van der Waals surface area (Å²) < 4.78 is 34.3. The molecule has 1 aliphatic heterocycles. The van der Waals surface area contributed by atoms with E-state index in [2.05, 4.69) is 10.6 Å².